The maximum absolute atomic E-state index is 12.8. The van der Waals surface area contributed by atoms with E-state index in [0.29, 0.717) is 5.89 Å². The molecule has 5 nitrogen and oxygen atoms in total. The Hall–Kier alpha value is -2.99. The number of hydrogen-bond acceptors (Lipinski definition) is 5. The average molecular weight is 375 g/mol. The minimum atomic E-state index is -0.0287. The van der Waals surface area contributed by atoms with Crippen molar-refractivity contribution in [3.05, 3.63) is 65.5 Å². The Morgan fingerprint density at radius 2 is 1.93 bits per heavy atom. The summed E-state index contributed by atoms with van der Waals surface area (Å²) in [4.78, 5) is 23.8. The second kappa shape index (κ2) is 6.63. The first-order chi connectivity index (χ1) is 13.3. The highest BCUT2D eigenvalue weighted by Crippen LogP contribution is 2.36. The molecule has 0 aliphatic carbocycles. The van der Waals surface area contributed by atoms with Gasteiger partial charge in [-0.2, -0.15) is 0 Å². The Morgan fingerprint density at radius 1 is 1.11 bits per heavy atom. The van der Waals surface area contributed by atoms with Gasteiger partial charge in [-0.3, -0.25) is 4.79 Å². The van der Waals surface area contributed by atoms with Crippen LogP contribution in [0.25, 0.3) is 27.4 Å². The smallest absolute Gasteiger partial charge is 0.247 e. The van der Waals surface area contributed by atoms with Gasteiger partial charge in [-0.05, 0) is 37.1 Å². The van der Waals surface area contributed by atoms with Crippen LogP contribution in [-0.4, -0.2) is 27.3 Å². The van der Waals surface area contributed by atoms with Crippen molar-refractivity contribution >= 4 is 44.6 Å². The number of carbonyl (C=O) groups is 1. The van der Waals surface area contributed by atoms with Crippen LogP contribution in [0, 0.1) is 0 Å². The molecule has 1 saturated heterocycles. The van der Waals surface area contributed by atoms with E-state index in [4.69, 9.17) is 9.40 Å². The van der Waals surface area contributed by atoms with E-state index in [1.54, 1.807) is 23.5 Å². The van der Waals surface area contributed by atoms with Gasteiger partial charge in [0.15, 0.2) is 5.58 Å². The lowest BCUT2D eigenvalue weighted by Crippen LogP contribution is -2.28. The van der Waals surface area contributed by atoms with Gasteiger partial charge in [-0.1, -0.05) is 24.3 Å². The van der Waals surface area contributed by atoms with Gasteiger partial charge in [0, 0.05) is 18.7 Å². The molecular formula is C21H17N3O2S. The summed E-state index contributed by atoms with van der Waals surface area (Å²) in [6, 6.07) is 15.7. The normalized spacial score (nSPS) is 17.5. The van der Waals surface area contributed by atoms with Crippen LogP contribution >= 0.6 is 11.3 Å². The summed E-state index contributed by atoms with van der Waals surface area (Å²) in [5.74, 6) is 0.416. The molecule has 6 heteroatoms. The molecule has 1 amide bonds. The number of hydrogen-bond donors (Lipinski definition) is 0. The number of amides is 1. The fraction of sp³-hybridized carbons (Fsp3) is 0.190. The average Bonchev–Trinajstić information content (AvgIpc) is 3.42. The van der Waals surface area contributed by atoms with E-state index in [-0.39, 0.29) is 11.9 Å². The zero-order chi connectivity index (χ0) is 18.2. The highest BCUT2D eigenvalue weighted by Gasteiger charge is 2.31. The topological polar surface area (TPSA) is 59.2 Å². The van der Waals surface area contributed by atoms with Gasteiger partial charge in [0.2, 0.25) is 11.8 Å². The van der Waals surface area contributed by atoms with Gasteiger partial charge >= 0.3 is 0 Å². The summed E-state index contributed by atoms with van der Waals surface area (Å²) in [6.07, 6.45) is 5.14. The molecule has 134 valence electrons. The van der Waals surface area contributed by atoms with Gasteiger partial charge in [-0.25, -0.2) is 9.97 Å². The molecule has 1 atom stereocenters. The van der Waals surface area contributed by atoms with E-state index in [0.717, 1.165) is 45.7 Å². The summed E-state index contributed by atoms with van der Waals surface area (Å²) >= 11 is 1.67. The summed E-state index contributed by atoms with van der Waals surface area (Å²) in [5, 5.41) is 1.01. The molecule has 2 aromatic carbocycles. The first-order valence-corrected chi connectivity index (χ1v) is 9.79. The second-order valence-corrected chi connectivity index (χ2v) is 7.62. The number of thiazole rings is 1. The lowest BCUT2D eigenvalue weighted by Gasteiger charge is -2.21. The third-order valence-electron chi connectivity index (χ3n) is 4.81. The van der Waals surface area contributed by atoms with Crippen molar-refractivity contribution < 1.29 is 9.21 Å². The molecule has 1 aliphatic rings. The Balaban J connectivity index is 1.38. The maximum Gasteiger partial charge on any atom is 0.247 e. The quantitative estimate of drug-likeness (QED) is 0.482. The van der Waals surface area contributed by atoms with Crippen molar-refractivity contribution in [2.24, 2.45) is 0 Å². The Bertz CT molecular complexity index is 1090. The largest absolute Gasteiger partial charge is 0.437 e. The van der Waals surface area contributed by atoms with E-state index < -0.39 is 0 Å². The van der Waals surface area contributed by atoms with Gasteiger partial charge in [-0.15, -0.1) is 11.3 Å². The molecule has 5 rings (SSSR count). The highest BCUT2D eigenvalue weighted by molar-refractivity contribution is 7.18. The molecule has 1 fully saturated rings. The molecule has 3 heterocycles. The highest BCUT2D eigenvalue weighted by atomic mass is 32.1. The van der Waals surface area contributed by atoms with Crippen LogP contribution in [0.4, 0.5) is 0 Å². The van der Waals surface area contributed by atoms with E-state index in [9.17, 15) is 4.79 Å². The molecule has 0 spiro atoms. The molecule has 0 saturated carbocycles. The summed E-state index contributed by atoms with van der Waals surface area (Å²) < 4.78 is 6.81. The lowest BCUT2D eigenvalue weighted by molar-refractivity contribution is -0.126. The zero-order valence-electron chi connectivity index (χ0n) is 14.5. The zero-order valence-corrected chi connectivity index (χ0v) is 15.4. The number of likely N-dealkylation sites (tertiary alicyclic amines) is 1. The predicted molar refractivity (Wildman–Crippen MR) is 106 cm³/mol. The van der Waals surface area contributed by atoms with E-state index in [1.807, 2.05) is 47.4 Å². The number of benzene rings is 2. The summed E-state index contributed by atoms with van der Waals surface area (Å²) in [7, 11) is 0. The molecule has 1 aliphatic heterocycles. The second-order valence-electron chi connectivity index (χ2n) is 6.56. The molecule has 1 unspecified atom stereocenters. The number of rotatable bonds is 3. The Kier molecular flexibility index (Phi) is 3.98. The third-order valence-corrected chi connectivity index (χ3v) is 5.95. The number of aromatic nitrogens is 2. The van der Waals surface area contributed by atoms with E-state index in [1.165, 1.54) is 0 Å². The standard InChI is InChI=1S/C21H17N3O2S/c25-20(12-11-19-22-14-6-1-3-9-17(14)26-19)24-13-5-8-16(24)21-23-15-7-2-4-10-18(15)27-21/h1-4,6-7,9-12,16H,5,8,13H2/b12-11+. The van der Waals surface area contributed by atoms with Crippen molar-refractivity contribution in [2.45, 2.75) is 18.9 Å². The monoisotopic (exact) mass is 375 g/mol. The Morgan fingerprint density at radius 3 is 2.78 bits per heavy atom. The van der Waals surface area contributed by atoms with Crippen molar-refractivity contribution in [2.75, 3.05) is 6.54 Å². The third kappa shape index (κ3) is 3.02. The molecule has 4 aromatic rings. The summed E-state index contributed by atoms with van der Waals surface area (Å²) in [6.45, 7) is 0.747. The molecular weight excluding hydrogens is 358 g/mol. The minimum absolute atomic E-state index is 0.0287. The predicted octanol–water partition coefficient (Wildman–Crippen LogP) is 4.81. The van der Waals surface area contributed by atoms with Crippen molar-refractivity contribution in [3.63, 3.8) is 0 Å². The first-order valence-electron chi connectivity index (χ1n) is 8.98. The van der Waals surface area contributed by atoms with Gasteiger partial charge < -0.3 is 9.32 Å². The number of fused-ring (bicyclic) bond motifs is 2. The number of oxazole rings is 1. The van der Waals surface area contributed by atoms with E-state index in [2.05, 4.69) is 11.1 Å². The fourth-order valence-corrected chi connectivity index (χ4v) is 4.63. The summed E-state index contributed by atoms with van der Waals surface area (Å²) in [5.41, 5.74) is 2.51. The van der Waals surface area contributed by atoms with Crippen LogP contribution < -0.4 is 0 Å². The van der Waals surface area contributed by atoms with Gasteiger partial charge in [0.05, 0.1) is 16.3 Å². The van der Waals surface area contributed by atoms with Crippen LogP contribution in [-0.2, 0) is 4.79 Å². The lowest BCUT2D eigenvalue weighted by atomic mass is 10.2. The Labute approximate surface area is 160 Å². The van der Waals surface area contributed by atoms with Crippen LogP contribution in [0.5, 0.6) is 0 Å². The van der Waals surface area contributed by atoms with Gasteiger partial charge in [0.25, 0.3) is 0 Å². The molecule has 0 bridgehead atoms. The van der Waals surface area contributed by atoms with Crippen LogP contribution in [0.2, 0.25) is 0 Å². The van der Waals surface area contributed by atoms with Crippen molar-refractivity contribution in [1.82, 2.24) is 14.9 Å². The molecule has 0 N–H and O–H groups in total. The number of nitrogens with zero attached hydrogens (tertiary/aromatic N) is 3. The van der Waals surface area contributed by atoms with Crippen molar-refractivity contribution in [1.29, 1.82) is 0 Å². The van der Waals surface area contributed by atoms with E-state index >= 15 is 0 Å². The first kappa shape index (κ1) is 16.2. The maximum atomic E-state index is 12.8. The van der Waals surface area contributed by atoms with Crippen LogP contribution in [0.1, 0.15) is 29.8 Å². The molecule has 2 aromatic heterocycles. The fourth-order valence-electron chi connectivity index (χ4n) is 3.52. The molecule has 27 heavy (non-hydrogen) atoms. The van der Waals surface area contributed by atoms with Crippen LogP contribution in [0.3, 0.4) is 0 Å². The molecule has 0 radical (unpaired) electrons. The number of para-hydroxylation sites is 3. The SMILES string of the molecule is O=C(/C=C/c1nc2ccccc2o1)N1CCCC1c1nc2ccccc2s1. The minimum Gasteiger partial charge on any atom is -0.437 e. The van der Waals surface area contributed by atoms with Gasteiger partial charge in [0.1, 0.15) is 10.5 Å². The van der Waals surface area contributed by atoms with Crippen LogP contribution in [0.15, 0.2) is 59.0 Å². The van der Waals surface area contributed by atoms with Crippen molar-refractivity contribution in [3.8, 4) is 0 Å². The number of carbonyl (C=O) groups excluding carboxylic acids is 1.